The van der Waals surface area contributed by atoms with Gasteiger partial charge in [0.1, 0.15) is 11.7 Å². The van der Waals surface area contributed by atoms with Crippen molar-refractivity contribution in [3.05, 3.63) is 114 Å². The van der Waals surface area contributed by atoms with Gasteiger partial charge in [0.2, 0.25) is 5.91 Å². The number of carbonyl (C=O) groups is 2. The Morgan fingerprint density at radius 1 is 0.974 bits per heavy atom. The molecule has 4 aromatic rings. The third-order valence-electron chi connectivity index (χ3n) is 6.35. The third-order valence-corrected chi connectivity index (χ3v) is 6.35. The number of halogens is 1. The number of benzene rings is 3. The first-order valence-electron chi connectivity index (χ1n) is 12.2. The number of rotatable bonds is 8. The van der Waals surface area contributed by atoms with Gasteiger partial charge in [-0.05, 0) is 73.8 Å². The van der Waals surface area contributed by atoms with Crippen molar-refractivity contribution in [3.63, 3.8) is 0 Å². The SMILES string of the molecule is CN(C)CCN(C(=O)c1ccco1)c1ccc(N=C(c2ccccc2)C2C(=O)Nc3cc(F)ccc32)cc1. The Hall–Kier alpha value is -4.56. The van der Waals surface area contributed by atoms with E-state index < -0.39 is 11.7 Å². The van der Waals surface area contributed by atoms with E-state index in [1.807, 2.05) is 73.6 Å². The Morgan fingerprint density at radius 3 is 2.42 bits per heavy atom. The minimum atomic E-state index is -0.690. The van der Waals surface area contributed by atoms with Gasteiger partial charge in [-0.1, -0.05) is 36.4 Å². The number of carbonyl (C=O) groups excluding carboxylic acids is 2. The average Bonchev–Trinajstić information content (AvgIpc) is 3.56. The second kappa shape index (κ2) is 10.8. The van der Waals surface area contributed by atoms with Gasteiger partial charge in [0.25, 0.3) is 5.91 Å². The molecule has 8 heteroatoms. The molecule has 3 aromatic carbocycles. The fourth-order valence-electron chi connectivity index (χ4n) is 4.44. The number of hydrogen-bond acceptors (Lipinski definition) is 5. The fraction of sp³-hybridized carbons (Fsp3) is 0.167. The molecule has 1 aliphatic heterocycles. The second-order valence-corrected chi connectivity index (χ2v) is 9.27. The Labute approximate surface area is 220 Å². The summed E-state index contributed by atoms with van der Waals surface area (Å²) in [6, 6.07) is 24.4. The van der Waals surface area contributed by atoms with Crippen molar-refractivity contribution in [1.29, 1.82) is 0 Å². The predicted molar refractivity (Wildman–Crippen MR) is 146 cm³/mol. The highest BCUT2D eigenvalue weighted by Gasteiger charge is 2.35. The van der Waals surface area contributed by atoms with Crippen LogP contribution in [0.3, 0.4) is 0 Å². The maximum absolute atomic E-state index is 13.8. The van der Waals surface area contributed by atoms with Gasteiger partial charge in [0, 0.05) is 24.5 Å². The lowest BCUT2D eigenvalue weighted by Crippen LogP contribution is -2.36. The molecule has 1 atom stereocenters. The molecular weight excluding hydrogens is 483 g/mol. The lowest BCUT2D eigenvalue weighted by atomic mass is 9.90. The number of nitrogens with one attached hydrogen (secondary N) is 1. The summed E-state index contributed by atoms with van der Waals surface area (Å²) in [5, 5.41) is 2.78. The minimum absolute atomic E-state index is 0.232. The molecule has 5 rings (SSSR count). The van der Waals surface area contributed by atoms with E-state index >= 15 is 0 Å². The van der Waals surface area contributed by atoms with E-state index in [2.05, 4.69) is 5.32 Å². The van der Waals surface area contributed by atoms with Gasteiger partial charge in [0.05, 0.1) is 17.7 Å². The Bertz CT molecular complexity index is 1470. The summed E-state index contributed by atoms with van der Waals surface area (Å²) < 4.78 is 19.2. The first-order valence-corrected chi connectivity index (χ1v) is 12.2. The van der Waals surface area contributed by atoms with Crippen LogP contribution in [-0.2, 0) is 4.79 Å². The van der Waals surface area contributed by atoms with Crippen molar-refractivity contribution in [2.24, 2.45) is 4.99 Å². The van der Waals surface area contributed by atoms with Crippen molar-refractivity contribution in [2.75, 3.05) is 37.4 Å². The maximum Gasteiger partial charge on any atom is 0.293 e. The zero-order chi connectivity index (χ0) is 26.6. The Kier molecular flexibility index (Phi) is 7.15. The molecule has 0 radical (unpaired) electrons. The van der Waals surface area contributed by atoms with Crippen LogP contribution in [0.15, 0.2) is 101 Å². The summed E-state index contributed by atoms with van der Waals surface area (Å²) in [6.07, 6.45) is 1.48. The first-order chi connectivity index (χ1) is 18.4. The van der Waals surface area contributed by atoms with Crippen LogP contribution in [-0.4, -0.2) is 49.6 Å². The van der Waals surface area contributed by atoms with Crippen LogP contribution in [0.5, 0.6) is 0 Å². The molecule has 0 saturated heterocycles. The molecule has 1 aliphatic rings. The lowest BCUT2D eigenvalue weighted by molar-refractivity contribution is -0.115. The van der Waals surface area contributed by atoms with E-state index in [0.29, 0.717) is 41.4 Å². The predicted octanol–water partition coefficient (Wildman–Crippen LogP) is 5.48. The maximum atomic E-state index is 13.8. The zero-order valence-electron chi connectivity index (χ0n) is 21.1. The van der Waals surface area contributed by atoms with Crippen LogP contribution in [0.1, 0.15) is 27.6 Å². The summed E-state index contributed by atoms with van der Waals surface area (Å²) in [7, 11) is 3.90. The normalized spacial score (nSPS) is 14.9. The molecule has 1 N–H and O–H groups in total. The van der Waals surface area contributed by atoms with Crippen LogP contribution >= 0.6 is 0 Å². The van der Waals surface area contributed by atoms with Crippen LogP contribution in [0.4, 0.5) is 21.5 Å². The van der Waals surface area contributed by atoms with Gasteiger partial charge in [-0.25, -0.2) is 4.39 Å². The summed E-state index contributed by atoms with van der Waals surface area (Å²) in [6.45, 7) is 1.14. The van der Waals surface area contributed by atoms with Gasteiger partial charge in [-0.2, -0.15) is 0 Å². The Balaban J connectivity index is 1.51. The smallest absolute Gasteiger partial charge is 0.293 e. The first kappa shape index (κ1) is 25.1. The quantitative estimate of drug-likeness (QED) is 0.318. The second-order valence-electron chi connectivity index (χ2n) is 9.27. The lowest BCUT2D eigenvalue weighted by Gasteiger charge is -2.24. The van der Waals surface area contributed by atoms with Crippen LogP contribution in [0.2, 0.25) is 0 Å². The monoisotopic (exact) mass is 510 g/mol. The number of amides is 2. The highest BCUT2D eigenvalue weighted by Crippen LogP contribution is 2.37. The summed E-state index contributed by atoms with van der Waals surface area (Å²) >= 11 is 0. The highest BCUT2D eigenvalue weighted by molar-refractivity contribution is 6.24. The van der Waals surface area contributed by atoms with Gasteiger partial charge < -0.3 is 19.5 Å². The van der Waals surface area contributed by atoms with Gasteiger partial charge in [0.15, 0.2) is 5.76 Å². The van der Waals surface area contributed by atoms with Gasteiger partial charge in [-0.3, -0.25) is 14.6 Å². The van der Waals surface area contributed by atoms with E-state index in [0.717, 1.165) is 5.56 Å². The topological polar surface area (TPSA) is 78.2 Å². The summed E-state index contributed by atoms with van der Waals surface area (Å²) in [4.78, 5) is 34.7. The number of nitrogens with zero attached hydrogens (tertiary/aromatic N) is 3. The number of anilines is 2. The molecule has 0 aliphatic carbocycles. The van der Waals surface area contributed by atoms with E-state index in [4.69, 9.17) is 9.41 Å². The molecule has 2 amide bonds. The van der Waals surface area contributed by atoms with Crippen LogP contribution in [0, 0.1) is 5.82 Å². The van der Waals surface area contributed by atoms with Gasteiger partial charge in [-0.15, -0.1) is 0 Å². The zero-order valence-corrected chi connectivity index (χ0v) is 21.1. The standard InChI is InChI=1S/C30H27FN4O3/c1-34(2)16-17-35(30(37)26-9-6-18-38-26)23-13-11-22(12-14-23)32-28(20-7-4-3-5-8-20)27-24-15-10-21(31)19-25(24)33-29(27)36/h3-15,18-19,27H,16-17H2,1-2H3,(H,33,36). The number of furan rings is 1. The van der Waals surface area contributed by atoms with Gasteiger partial charge >= 0.3 is 0 Å². The van der Waals surface area contributed by atoms with Crippen LogP contribution < -0.4 is 10.2 Å². The molecule has 0 fully saturated rings. The van der Waals surface area contributed by atoms with E-state index in [9.17, 15) is 14.0 Å². The molecule has 0 spiro atoms. The number of likely N-dealkylation sites (N-methyl/N-ethyl adjacent to an activating group) is 1. The van der Waals surface area contributed by atoms with Crippen molar-refractivity contribution in [3.8, 4) is 0 Å². The van der Waals surface area contributed by atoms with Crippen LogP contribution in [0.25, 0.3) is 0 Å². The summed E-state index contributed by atoms with van der Waals surface area (Å²) in [5.74, 6) is -1.33. The number of fused-ring (bicyclic) bond motifs is 1. The number of aliphatic imine (C=N–C) groups is 1. The molecule has 2 heterocycles. The molecule has 0 bridgehead atoms. The molecule has 192 valence electrons. The molecule has 38 heavy (non-hydrogen) atoms. The molecule has 0 saturated carbocycles. The minimum Gasteiger partial charge on any atom is -0.459 e. The van der Waals surface area contributed by atoms with Crippen molar-refractivity contribution in [1.82, 2.24) is 4.90 Å². The molecule has 1 aromatic heterocycles. The third kappa shape index (κ3) is 5.26. The van der Waals surface area contributed by atoms with Crippen molar-refractivity contribution in [2.45, 2.75) is 5.92 Å². The fourth-order valence-corrected chi connectivity index (χ4v) is 4.44. The van der Waals surface area contributed by atoms with E-state index in [-0.39, 0.29) is 17.6 Å². The van der Waals surface area contributed by atoms with Crippen molar-refractivity contribution >= 4 is 34.6 Å². The molecular formula is C30H27FN4O3. The van der Waals surface area contributed by atoms with E-state index in [1.54, 1.807) is 23.1 Å². The van der Waals surface area contributed by atoms with Crippen molar-refractivity contribution < 1.29 is 18.4 Å². The summed E-state index contributed by atoms with van der Waals surface area (Å²) in [5.41, 5.74) is 3.79. The average molecular weight is 511 g/mol. The highest BCUT2D eigenvalue weighted by atomic mass is 19.1. The van der Waals surface area contributed by atoms with E-state index in [1.165, 1.54) is 18.4 Å². The largest absolute Gasteiger partial charge is 0.459 e. The molecule has 7 nitrogen and oxygen atoms in total. The Morgan fingerprint density at radius 2 is 1.74 bits per heavy atom. The number of hydrogen-bond donors (Lipinski definition) is 1. The molecule has 1 unspecified atom stereocenters.